The fourth-order valence-corrected chi connectivity index (χ4v) is 10.1. The molecule has 2 aromatic carbocycles. The molecule has 3 aliphatic heterocycles. The molecule has 6 bridgehead atoms. The van der Waals surface area contributed by atoms with Gasteiger partial charge in [0.25, 0.3) is 11.8 Å². The average Bonchev–Trinajstić information content (AvgIpc) is 3.93. The first-order valence-corrected chi connectivity index (χ1v) is 23.6. The Labute approximate surface area is 398 Å². The van der Waals surface area contributed by atoms with E-state index in [4.69, 9.17) is 14.5 Å². The van der Waals surface area contributed by atoms with Crippen LogP contribution >= 0.6 is 0 Å². The highest BCUT2D eigenvalue weighted by atomic mass is 16.5. The molecule has 3 N–H and O–H groups in total. The molecule has 0 unspecified atom stereocenters. The Morgan fingerprint density at radius 2 is 1.90 bits per heavy atom. The van der Waals surface area contributed by atoms with Gasteiger partial charge in [0.1, 0.15) is 35.5 Å². The van der Waals surface area contributed by atoms with Crippen LogP contribution in [0.4, 0.5) is 0 Å². The number of phenolic OH excluding ortho intramolecular Hbond substituents is 1. The molecule has 2 fully saturated rings. The maximum Gasteiger partial charge on any atom is 0.324 e. The minimum Gasteiger partial charge on any atom is -0.508 e. The number of methoxy groups -OCH3 is 1. The van der Waals surface area contributed by atoms with Gasteiger partial charge >= 0.3 is 5.97 Å². The number of phenols is 1. The number of aryl methyl sites for hydroxylation is 1. The van der Waals surface area contributed by atoms with Crippen LogP contribution in [0, 0.1) is 28.6 Å². The van der Waals surface area contributed by atoms with E-state index in [9.17, 15) is 34.3 Å². The van der Waals surface area contributed by atoms with Gasteiger partial charge in [-0.3, -0.25) is 34.0 Å². The number of fused-ring (bicyclic) bond motifs is 6. The van der Waals surface area contributed by atoms with E-state index in [1.54, 1.807) is 39.4 Å². The first-order valence-electron chi connectivity index (χ1n) is 23.6. The van der Waals surface area contributed by atoms with Crippen molar-refractivity contribution in [2.45, 2.75) is 105 Å². The van der Waals surface area contributed by atoms with Gasteiger partial charge < -0.3 is 34.3 Å². The SMILES string of the molecule is C/C=C(\C#N)C(=O)N1CC[C@H](C(=O)N(C)[C@H](C(=O)N[C@H]2Cc3cc(O)cc(c3)-c3ccc4c(c3)c(c(-c3cccnc3COC)n4CC)CC(C)(C)COC(=O)[C@@H]3CCCN(N3)C2=O)C(C)C)C1. The second kappa shape index (κ2) is 20.7. The number of amides is 4. The van der Waals surface area contributed by atoms with E-state index in [0.717, 1.165) is 39.0 Å². The van der Waals surface area contributed by atoms with E-state index >= 15 is 0 Å². The van der Waals surface area contributed by atoms with Gasteiger partial charge in [-0.15, -0.1) is 0 Å². The molecular weight excluding hydrogens is 865 g/mol. The summed E-state index contributed by atoms with van der Waals surface area (Å²) in [6, 6.07) is 14.2. The maximum atomic E-state index is 14.7. The van der Waals surface area contributed by atoms with E-state index < -0.39 is 53.1 Å². The molecule has 2 aromatic heterocycles. The van der Waals surface area contributed by atoms with Crippen LogP contribution in [0.15, 0.2) is 66.4 Å². The van der Waals surface area contributed by atoms with Crippen molar-refractivity contribution in [2.24, 2.45) is 17.3 Å². The summed E-state index contributed by atoms with van der Waals surface area (Å²) >= 11 is 0. The van der Waals surface area contributed by atoms with E-state index in [0.29, 0.717) is 56.5 Å². The Bertz CT molecular complexity index is 2660. The summed E-state index contributed by atoms with van der Waals surface area (Å²) in [4.78, 5) is 77.8. The fourth-order valence-electron chi connectivity index (χ4n) is 10.1. The van der Waals surface area contributed by atoms with Crippen LogP contribution in [0.5, 0.6) is 5.75 Å². The van der Waals surface area contributed by atoms with Crippen LogP contribution in [0.3, 0.4) is 0 Å². The maximum absolute atomic E-state index is 14.7. The summed E-state index contributed by atoms with van der Waals surface area (Å²) in [7, 11) is 3.20. The molecule has 5 heterocycles. The van der Waals surface area contributed by atoms with Gasteiger partial charge in [0, 0.05) is 74.8 Å². The molecule has 68 heavy (non-hydrogen) atoms. The third-order valence-electron chi connectivity index (χ3n) is 13.4. The summed E-state index contributed by atoms with van der Waals surface area (Å²) in [5, 5.41) is 26.1. The normalized spacial score (nSPS) is 20.4. The number of rotatable bonds is 10. The van der Waals surface area contributed by atoms with Gasteiger partial charge in [-0.2, -0.15) is 5.26 Å². The number of likely N-dealkylation sites (N-methyl/N-ethyl adjacent to an activating group) is 1. The number of carbonyl (C=O) groups is 5. The second-order valence-corrected chi connectivity index (χ2v) is 19.3. The first kappa shape index (κ1) is 49.3. The zero-order valence-corrected chi connectivity index (χ0v) is 40.4. The van der Waals surface area contributed by atoms with Gasteiger partial charge in [-0.05, 0) is 104 Å². The van der Waals surface area contributed by atoms with Crippen molar-refractivity contribution < 1.29 is 38.6 Å². The number of nitrogens with zero attached hydrogens (tertiary/aromatic N) is 6. The number of allylic oxidation sites excluding steroid dienone is 1. The molecule has 7 rings (SSSR count). The van der Waals surface area contributed by atoms with E-state index in [1.807, 2.05) is 38.1 Å². The molecule has 360 valence electrons. The predicted octanol–water partition coefficient (Wildman–Crippen LogP) is 5.69. The Hall–Kier alpha value is -6.57. The topological polar surface area (TPSA) is 199 Å². The zero-order valence-electron chi connectivity index (χ0n) is 40.4. The molecule has 4 atom stereocenters. The lowest BCUT2D eigenvalue weighted by atomic mass is 9.84. The lowest BCUT2D eigenvalue weighted by Crippen LogP contribution is -2.62. The Balaban J connectivity index is 1.28. The van der Waals surface area contributed by atoms with Gasteiger partial charge in [0.15, 0.2) is 0 Å². The number of hydrazine groups is 1. The number of aromatic hydroxyl groups is 1. The van der Waals surface area contributed by atoms with Crippen LogP contribution in [-0.4, -0.2) is 118 Å². The van der Waals surface area contributed by atoms with Crippen molar-refractivity contribution in [3.8, 4) is 34.2 Å². The van der Waals surface area contributed by atoms with Crippen LogP contribution < -0.4 is 10.7 Å². The van der Waals surface area contributed by atoms with E-state index in [2.05, 4.69) is 54.3 Å². The molecule has 3 aliphatic rings. The minimum absolute atomic E-state index is 0.000635. The number of hydrogen-bond donors (Lipinski definition) is 3. The summed E-state index contributed by atoms with van der Waals surface area (Å²) in [6.45, 7) is 13.2. The van der Waals surface area contributed by atoms with Crippen LogP contribution in [0.25, 0.3) is 33.3 Å². The molecule has 0 aliphatic carbocycles. The number of carbonyl (C=O) groups excluding carboxylic acids is 5. The van der Waals surface area contributed by atoms with Gasteiger partial charge in [-0.1, -0.05) is 45.9 Å². The number of esters is 1. The number of likely N-dealkylation sites (tertiary alicyclic amines) is 1. The number of ether oxygens (including phenoxy) is 2. The van der Waals surface area contributed by atoms with E-state index in [1.165, 1.54) is 20.9 Å². The quantitative estimate of drug-likeness (QED) is 0.100. The lowest BCUT2D eigenvalue weighted by molar-refractivity contribution is -0.155. The van der Waals surface area contributed by atoms with Crippen molar-refractivity contribution in [2.75, 3.05) is 40.4 Å². The number of aromatic nitrogens is 2. The predicted molar refractivity (Wildman–Crippen MR) is 256 cm³/mol. The second-order valence-electron chi connectivity index (χ2n) is 19.3. The highest BCUT2D eigenvalue weighted by Gasteiger charge is 2.41. The van der Waals surface area contributed by atoms with Crippen molar-refractivity contribution in [3.63, 3.8) is 0 Å². The molecule has 0 saturated carbocycles. The number of benzene rings is 2. The van der Waals surface area contributed by atoms with Gasteiger partial charge in [-0.25, -0.2) is 5.43 Å². The molecule has 0 radical (unpaired) electrons. The Morgan fingerprint density at radius 3 is 2.60 bits per heavy atom. The first-order chi connectivity index (χ1) is 32.5. The Kier molecular flexibility index (Phi) is 15.1. The van der Waals surface area contributed by atoms with E-state index in [-0.39, 0.29) is 49.3 Å². The molecule has 16 heteroatoms. The van der Waals surface area contributed by atoms with Gasteiger partial charge in [0.2, 0.25) is 11.8 Å². The standard InChI is InChI=1S/C52H64N8O8/c1-9-33(27-53)49(64)58-20-17-35(28-58)48(63)57(7)45(31(3)4)47(62)55-42-23-32-21-36(24-37(61)22-32)34-15-16-44-39(25-34)40(46(59(44)10-2)38-13-11-18-54-43(38)29-67-8)26-52(5,6)30-68-51(66)41-14-12-19-60(56-41)50(42)65/h9,11,13,15-16,18,21-22,24-25,31,35,41-42,45,56,61H,10,12,14,17,19-20,23,26,28-30H2,1-8H3,(H,55,62)/b33-9+/t35-,41-,42-,45-/m0/s1. The van der Waals surface area contributed by atoms with Crippen LogP contribution in [0.1, 0.15) is 77.6 Å². The smallest absolute Gasteiger partial charge is 0.324 e. The van der Waals surface area contributed by atoms with Crippen molar-refractivity contribution >= 4 is 40.5 Å². The van der Waals surface area contributed by atoms with Crippen molar-refractivity contribution in [1.82, 2.24) is 35.1 Å². The third kappa shape index (κ3) is 10.3. The average molecular weight is 929 g/mol. The minimum atomic E-state index is -1.19. The molecule has 4 aromatic rings. The van der Waals surface area contributed by atoms with Crippen molar-refractivity contribution in [3.05, 3.63) is 83.2 Å². The molecule has 2 saturated heterocycles. The number of cyclic esters (lactones) is 1. The number of nitrogens with one attached hydrogen (secondary N) is 2. The summed E-state index contributed by atoms with van der Waals surface area (Å²) in [6.07, 6.45) is 4.99. The number of hydrogen-bond acceptors (Lipinski definition) is 11. The number of pyridine rings is 1. The summed E-state index contributed by atoms with van der Waals surface area (Å²) < 4.78 is 14.0. The van der Waals surface area contributed by atoms with Gasteiger partial charge in [0.05, 0.1) is 30.5 Å². The highest BCUT2D eigenvalue weighted by molar-refractivity contribution is 5.98. The summed E-state index contributed by atoms with van der Waals surface area (Å²) in [5.74, 6) is -3.33. The molecule has 4 amide bonds. The highest BCUT2D eigenvalue weighted by Crippen LogP contribution is 2.41. The summed E-state index contributed by atoms with van der Waals surface area (Å²) in [5.41, 5.74) is 9.43. The largest absolute Gasteiger partial charge is 0.508 e. The zero-order chi connectivity index (χ0) is 49.0. The van der Waals surface area contributed by atoms with Crippen LogP contribution in [0.2, 0.25) is 0 Å². The van der Waals surface area contributed by atoms with Crippen LogP contribution in [-0.2, 0) is 59.4 Å². The van der Waals surface area contributed by atoms with Crippen molar-refractivity contribution in [1.29, 1.82) is 5.26 Å². The third-order valence-corrected chi connectivity index (χ3v) is 13.4. The monoisotopic (exact) mass is 928 g/mol. The number of nitriles is 1. The molecule has 0 spiro atoms. The lowest BCUT2D eigenvalue weighted by Gasteiger charge is -2.37. The Morgan fingerprint density at radius 1 is 1.12 bits per heavy atom. The molecule has 16 nitrogen and oxygen atoms in total. The fraction of sp³-hybridized carbons (Fsp3) is 0.481. The molecular formula is C52H64N8O8.